The molecule has 0 aromatic carbocycles. The Morgan fingerprint density at radius 1 is 1.04 bits per heavy atom. The number of carbonyl (C=O) groups excluding carboxylic acids is 2. The fraction of sp³-hybridized carbons (Fsp3) is 0.667. The molecule has 14 atom stereocenters. The number of aliphatic hydroxyl groups excluding tert-OH is 5. The van der Waals surface area contributed by atoms with Crippen LogP contribution in [0.5, 0.6) is 0 Å². The minimum atomic E-state index is -1.55. The average molecular weight is 659 g/mol. The van der Waals surface area contributed by atoms with Gasteiger partial charge in [0.15, 0.2) is 6.29 Å². The van der Waals surface area contributed by atoms with E-state index in [0.717, 1.165) is 22.3 Å². The molecule has 5 rings (SSSR count). The molecule has 3 aliphatic carbocycles. The zero-order valence-corrected chi connectivity index (χ0v) is 27.5. The first kappa shape index (κ1) is 35.7. The highest BCUT2D eigenvalue weighted by molar-refractivity contribution is 5.88. The van der Waals surface area contributed by atoms with Crippen LogP contribution in [0.4, 0.5) is 0 Å². The van der Waals surface area contributed by atoms with Gasteiger partial charge in [-0.25, -0.2) is 4.79 Å². The van der Waals surface area contributed by atoms with E-state index in [1.807, 2.05) is 19.9 Å². The van der Waals surface area contributed by atoms with E-state index in [-0.39, 0.29) is 23.7 Å². The Hall–Kier alpha value is -2.64. The van der Waals surface area contributed by atoms with E-state index in [1.54, 1.807) is 13.0 Å². The summed E-state index contributed by atoms with van der Waals surface area (Å²) in [5.41, 5.74) is 3.77. The van der Waals surface area contributed by atoms with Crippen LogP contribution in [0.2, 0.25) is 0 Å². The van der Waals surface area contributed by atoms with E-state index >= 15 is 0 Å². The lowest BCUT2D eigenvalue weighted by Crippen LogP contribution is -2.59. The number of hydrogen-bond acceptors (Lipinski definition) is 11. The maximum atomic E-state index is 13.6. The second kappa shape index (κ2) is 14.5. The van der Waals surface area contributed by atoms with E-state index in [0.29, 0.717) is 44.1 Å². The summed E-state index contributed by atoms with van der Waals surface area (Å²) in [6, 6.07) is 0. The molecular weight excluding hydrogens is 608 g/mol. The van der Waals surface area contributed by atoms with Crippen molar-refractivity contribution in [3.05, 3.63) is 59.8 Å². The summed E-state index contributed by atoms with van der Waals surface area (Å²) in [6.45, 7) is 17.8. The van der Waals surface area contributed by atoms with Gasteiger partial charge in [-0.1, -0.05) is 43.9 Å². The van der Waals surface area contributed by atoms with E-state index < -0.39 is 79.5 Å². The molecule has 260 valence electrons. The highest BCUT2D eigenvalue weighted by Crippen LogP contribution is 2.50. The van der Waals surface area contributed by atoms with Crippen molar-refractivity contribution in [1.29, 1.82) is 0 Å². The quantitative estimate of drug-likeness (QED) is 0.161. The van der Waals surface area contributed by atoms with Crippen LogP contribution in [-0.4, -0.2) is 99.2 Å². The van der Waals surface area contributed by atoms with Gasteiger partial charge >= 0.3 is 11.9 Å². The lowest BCUT2D eigenvalue weighted by atomic mass is 9.82. The number of ether oxygens (including phenoxy) is 4. The fourth-order valence-corrected chi connectivity index (χ4v) is 7.96. The summed E-state index contributed by atoms with van der Waals surface area (Å²) < 4.78 is 23.4. The number of aliphatic hydroxyl groups is 5. The van der Waals surface area contributed by atoms with Gasteiger partial charge < -0.3 is 44.5 Å². The summed E-state index contributed by atoms with van der Waals surface area (Å²) >= 11 is 0. The molecule has 0 unspecified atom stereocenters. The van der Waals surface area contributed by atoms with Gasteiger partial charge in [-0.3, -0.25) is 4.79 Å². The number of rotatable bonds is 6. The van der Waals surface area contributed by atoms with Gasteiger partial charge in [0.2, 0.25) is 0 Å². The fourth-order valence-electron chi connectivity index (χ4n) is 7.96. The molecule has 4 fully saturated rings. The molecule has 0 aromatic heterocycles. The molecule has 0 amide bonds. The first-order valence-electron chi connectivity index (χ1n) is 16.7. The average Bonchev–Trinajstić information content (AvgIpc) is 3.42. The van der Waals surface area contributed by atoms with Crippen molar-refractivity contribution in [3.8, 4) is 0 Å². The SMILES string of the molecule is C=C(C(=O)O[C@H]1C/C=C(/C)C[C@H](O)[C@H]2[C@H](C)C(=O)O[C@@H]2/C=C\1C)[C@@H]1CCC(=C)[C@@H]2C[C@H](O[C@@H]3O[C@H](CO)[C@@H](O)[C@H](O)[C@H]3O)C(=C)[C@@H]2C1. The van der Waals surface area contributed by atoms with Gasteiger partial charge in [-0.15, -0.1) is 0 Å². The van der Waals surface area contributed by atoms with E-state index in [1.165, 1.54) is 0 Å². The Balaban J connectivity index is 1.27. The smallest absolute Gasteiger partial charge is 0.334 e. The number of esters is 2. The van der Waals surface area contributed by atoms with Crippen LogP contribution >= 0.6 is 0 Å². The third kappa shape index (κ3) is 7.22. The van der Waals surface area contributed by atoms with Crippen LogP contribution in [0.1, 0.15) is 59.3 Å². The molecule has 5 aliphatic rings. The van der Waals surface area contributed by atoms with E-state index in [4.69, 9.17) is 18.9 Å². The Kier molecular flexibility index (Phi) is 11.0. The van der Waals surface area contributed by atoms with Crippen LogP contribution in [-0.2, 0) is 28.5 Å². The summed E-state index contributed by atoms with van der Waals surface area (Å²) in [5.74, 6) is -1.99. The van der Waals surface area contributed by atoms with Crippen molar-refractivity contribution in [2.45, 2.75) is 114 Å². The van der Waals surface area contributed by atoms with Gasteiger partial charge in [0.05, 0.1) is 24.7 Å². The molecule has 0 radical (unpaired) electrons. The molecule has 0 spiro atoms. The van der Waals surface area contributed by atoms with Gasteiger partial charge in [0, 0.05) is 17.9 Å². The van der Waals surface area contributed by atoms with Crippen LogP contribution in [0, 0.1) is 29.6 Å². The van der Waals surface area contributed by atoms with Crippen molar-refractivity contribution in [2.24, 2.45) is 29.6 Å². The largest absolute Gasteiger partial charge is 0.457 e. The molecule has 2 saturated heterocycles. The topological polar surface area (TPSA) is 172 Å². The Morgan fingerprint density at radius 2 is 1.77 bits per heavy atom. The summed E-state index contributed by atoms with van der Waals surface area (Å²) in [6.07, 6.45) is -2.42. The van der Waals surface area contributed by atoms with Crippen molar-refractivity contribution in [2.75, 3.05) is 6.61 Å². The minimum absolute atomic E-state index is 0.0163. The summed E-state index contributed by atoms with van der Waals surface area (Å²) in [5, 5.41) is 51.3. The van der Waals surface area contributed by atoms with Crippen LogP contribution < -0.4 is 0 Å². The second-order valence-electron chi connectivity index (χ2n) is 14.1. The number of allylic oxidation sites excluding steroid dienone is 1. The van der Waals surface area contributed by atoms with Crippen molar-refractivity contribution in [1.82, 2.24) is 0 Å². The number of fused-ring (bicyclic) bond motifs is 2. The Bertz CT molecular complexity index is 1320. The highest BCUT2D eigenvalue weighted by Gasteiger charge is 2.49. The number of carbonyl (C=O) groups is 2. The molecule has 11 nitrogen and oxygen atoms in total. The van der Waals surface area contributed by atoms with Crippen molar-refractivity contribution >= 4 is 11.9 Å². The predicted octanol–water partition coefficient (Wildman–Crippen LogP) is 2.41. The molecule has 11 heteroatoms. The molecule has 47 heavy (non-hydrogen) atoms. The third-order valence-electron chi connectivity index (χ3n) is 11.0. The van der Waals surface area contributed by atoms with Gasteiger partial charge in [0.1, 0.15) is 36.6 Å². The van der Waals surface area contributed by atoms with Gasteiger partial charge in [-0.05, 0) is 80.9 Å². The maximum absolute atomic E-state index is 13.6. The van der Waals surface area contributed by atoms with Crippen LogP contribution in [0.25, 0.3) is 0 Å². The maximum Gasteiger partial charge on any atom is 0.334 e. The standard InChI is InChI=1S/C36H50O11/c1-16-7-10-26(18(3)12-28-30(25(38)11-16)21(6)35(43)45-28)44-34(42)19(4)22-9-8-17(2)23-14-27(20(5)24(23)13-22)46-36-33(41)32(40)31(39)29(15-37)47-36/h7,12,21-33,36-41H,2,4-5,8-11,13-15H2,1,3,6H3/b16-7-,18-12-/t21-,22+,23-,24-,25-,26-,27-,28+,29+,30+,31+,32-,33+,36+/m0/s1. The number of hydrogen-bond donors (Lipinski definition) is 5. The van der Waals surface area contributed by atoms with E-state index in [2.05, 4.69) is 19.7 Å². The molecule has 5 N–H and O–H groups in total. The monoisotopic (exact) mass is 658 g/mol. The van der Waals surface area contributed by atoms with Crippen LogP contribution in [0.3, 0.4) is 0 Å². The normalized spacial score (nSPS) is 45.0. The first-order valence-corrected chi connectivity index (χ1v) is 16.7. The first-order chi connectivity index (χ1) is 22.2. The molecule has 0 bridgehead atoms. The van der Waals surface area contributed by atoms with Crippen molar-refractivity contribution in [3.63, 3.8) is 0 Å². The van der Waals surface area contributed by atoms with Crippen LogP contribution in [0.15, 0.2) is 59.8 Å². The zero-order chi connectivity index (χ0) is 34.3. The molecule has 2 saturated carbocycles. The Labute approximate surface area is 276 Å². The minimum Gasteiger partial charge on any atom is -0.457 e. The second-order valence-corrected chi connectivity index (χ2v) is 14.1. The molecule has 2 aliphatic heterocycles. The summed E-state index contributed by atoms with van der Waals surface area (Å²) in [4.78, 5) is 26.0. The predicted molar refractivity (Wildman–Crippen MR) is 170 cm³/mol. The van der Waals surface area contributed by atoms with Gasteiger partial charge in [-0.2, -0.15) is 0 Å². The van der Waals surface area contributed by atoms with E-state index in [9.17, 15) is 35.1 Å². The highest BCUT2D eigenvalue weighted by atomic mass is 16.7. The summed E-state index contributed by atoms with van der Waals surface area (Å²) in [7, 11) is 0. The molecular formula is C36H50O11. The molecule has 2 heterocycles. The Morgan fingerprint density at radius 3 is 2.47 bits per heavy atom. The zero-order valence-electron chi connectivity index (χ0n) is 27.5. The van der Waals surface area contributed by atoms with Gasteiger partial charge in [0.25, 0.3) is 0 Å². The molecule has 0 aromatic rings. The lowest BCUT2D eigenvalue weighted by Gasteiger charge is -2.40. The van der Waals surface area contributed by atoms with Crippen molar-refractivity contribution < 1.29 is 54.1 Å². The third-order valence-corrected chi connectivity index (χ3v) is 11.0. The lowest BCUT2D eigenvalue weighted by molar-refractivity contribution is -0.308.